The van der Waals surface area contributed by atoms with Gasteiger partial charge in [0.1, 0.15) is 24.3 Å². The van der Waals surface area contributed by atoms with Gasteiger partial charge in [0.15, 0.2) is 0 Å². The number of carbonyl (C=O) groups excluding carboxylic acids is 2. The van der Waals surface area contributed by atoms with Gasteiger partial charge in [-0.2, -0.15) is 5.10 Å². The molecule has 10 nitrogen and oxygen atoms in total. The number of hydrogen-bond donors (Lipinski definition) is 3. The van der Waals surface area contributed by atoms with Crippen LogP contribution in [0.3, 0.4) is 0 Å². The lowest BCUT2D eigenvalue weighted by molar-refractivity contribution is -0.117. The highest BCUT2D eigenvalue weighted by Gasteiger charge is 2.29. The lowest BCUT2D eigenvalue weighted by Gasteiger charge is -2.25. The summed E-state index contributed by atoms with van der Waals surface area (Å²) in [7, 11) is 1.56. The number of urea groups is 1. The fourth-order valence-corrected chi connectivity index (χ4v) is 5.16. The standard InChI is InChI=1S/C35H40N6O4/c1-4-5-8-26-22-33(41(40-26)27-13-11-24(2)12-14-27)39-35(43)37-30-15-16-31(29-10-7-6-9-28(29)30)45-23-25-17-19-36-32(21-25)38-34(42)18-20-44-3/h6-7,9-17,19,21,33H,4-5,8,18,20,22-23H2,1-3H3,(H,36,38,42)(H2,37,39,43). The van der Waals surface area contributed by atoms with Crippen LogP contribution in [0.15, 0.2) is 84.1 Å². The average molecular weight is 609 g/mol. The van der Waals surface area contributed by atoms with Gasteiger partial charge in [0, 0.05) is 36.2 Å². The zero-order valence-electron chi connectivity index (χ0n) is 26.0. The first-order chi connectivity index (χ1) is 21.9. The Morgan fingerprint density at radius 2 is 1.80 bits per heavy atom. The van der Waals surface area contributed by atoms with Crippen LogP contribution in [0.25, 0.3) is 10.8 Å². The smallest absolute Gasteiger partial charge is 0.320 e. The van der Waals surface area contributed by atoms with Crippen molar-refractivity contribution < 1.29 is 19.1 Å². The minimum atomic E-state index is -0.306. The highest BCUT2D eigenvalue weighted by Crippen LogP contribution is 2.32. The molecule has 3 aromatic carbocycles. The fraction of sp³-hybridized carbons (Fsp3) is 0.314. The zero-order chi connectivity index (χ0) is 31.6. The van der Waals surface area contributed by atoms with Gasteiger partial charge in [0.05, 0.1) is 24.4 Å². The van der Waals surface area contributed by atoms with E-state index in [4.69, 9.17) is 14.6 Å². The Labute approximate surface area is 263 Å². The number of amides is 3. The summed E-state index contributed by atoms with van der Waals surface area (Å²) >= 11 is 0. The van der Waals surface area contributed by atoms with Crippen molar-refractivity contribution in [1.82, 2.24) is 10.3 Å². The minimum absolute atomic E-state index is 0.166. The summed E-state index contributed by atoms with van der Waals surface area (Å²) < 4.78 is 11.2. The van der Waals surface area contributed by atoms with Gasteiger partial charge in [0.25, 0.3) is 0 Å². The fourth-order valence-electron chi connectivity index (χ4n) is 5.16. The summed E-state index contributed by atoms with van der Waals surface area (Å²) in [5, 5.41) is 17.5. The quantitative estimate of drug-likeness (QED) is 0.150. The van der Waals surface area contributed by atoms with Crippen LogP contribution in [0.5, 0.6) is 5.75 Å². The third-order valence-corrected chi connectivity index (χ3v) is 7.54. The van der Waals surface area contributed by atoms with Gasteiger partial charge in [-0.05, 0) is 61.7 Å². The van der Waals surface area contributed by atoms with Gasteiger partial charge in [0.2, 0.25) is 5.91 Å². The van der Waals surface area contributed by atoms with Crippen LogP contribution in [0.2, 0.25) is 0 Å². The average Bonchev–Trinajstić information content (AvgIpc) is 3.45. The largest absolute Gasteiger partial charge is 0.488 e. The predicted molar refractivity (Wildman–Crippen MR) is 179 cm³/mol. The van der Waals surface area contributed by atoms with E-state index in [2.05, 4.69) is 46.9 Å². The topological polar surface area (TPSA) is 117 Å². The molecule has 0 spiro atoms. The molecule has 1 aromatic heterocycles. The van der Waals surface area contributed by atoms with Crippen molar-refractivity contribution in [2.45, 2.75) is 58.7 Å². The van der Waals surface area contributed by atoms with E-state index in [1.165, 1.54) is 5.56 Å². The molecule has 1 aliphatic rings. The van der Waals surface area contributed by atoms with E-state index < -0.39 is 0 Å². The number of fused-ring (bicyclic) bond motifs is 1. The van der Waals surface area contributed by atoms with Gasteiger partial charge >= 0.3 is 6.03 Å². The normalized spacial score (nSPS) is 14.2. The molecule has 1 aliphatic heterocycles. The molecule has 1 atom stereocenters. The molecule has 0 fully saturated rings. The highest BCUT2D eigenvalue weighted by atomic mass is 16.5. The second-order valence-corrected chi connectivity index (χ2v) is 11.1. The maximum atomic E-state index is 13.4. The molecule has 10 heteroatoms. The lowest BCUT2D eigenvalue weighted by atomic mass is 10.1. The number of anilines is 3. The Morgan fingerprint density at radius 3 is 2.58 bits per heavy atom. The molecular weight excluding hydrogens is 568 g/mol. The second-order valence-electron chi connectivity index (χ2n) is 11.1. The molecule has 5 rings (SSSR count). The summed E-state index contributed by atoms with van der Waals surface area (Å²) in [5.74, 6) is 0.967. The maximum Gasteiger partial charge on any atom is 0.320 e. The van der Waals surface area contributed by atoms with Crippen LogP contribution in [-0.2, 0) is 16.1 Å². The lowest BCUT2D eigenvalue weighted by Crippen LogP contribution is -2.45. The molecule has 234 valence electrons. The van der Waals surface area contributed by atoms with Crippen LogP contribution in [0.4, 0.5) is 22.0 Å². The summed E-state index contributed by atoms with van der Waals surface area (Å²) in [4.78, 5) is 29.6. The molecular formula is C35H40N6O4. The number of ether oxygens (including phenoxy) is 2. The number of benzene rings is 3. The van der Waals surface area contributed by atoms with E-state index >= 15 is 0 Å². The number of methoxy groups -OCH3 is 1. The Balaban J connectivity index is 1.26. The van der Waals surface area contributed by atoms with Gasteiger partial charge in [-0.1, -0.05) is 55.3 Å². The number of pyridine rings is 1. The minimum Gasteiger partial charge on any atom is -0.488 e. The molecule has 45 heavy (non-hydrogen) atoms. The van der Waals surface area contributed by atoms with Crippen molar-refractivity contribution in [3.05, 3.63) is 90.1 Å². The van der Waals surface area contributed by atoms with Crippen LogP contribution >= 0.6 is 0 Å². The SMILES string of the molecule is CCCCC1=NN(c2ccc(C)cc2)C(NC(=O)Nc2ccc(OCc3ccnc(NC(=O)CCOC)c3)c3ccccc23)C1. The molecule has 4 aromatic rings. The maximum absolute atomic E-state index is 13.4. The Morgan fingerprint density at radius 1 is 1.00 bits per heavy atom. The molecule has 3 amide bonds. The molecule has 0 saturated carbocycles. The van der Waals surface area contributed by atoms with Crippen molar-refractivity contribution in [1.29, 1.82) is 0 Å². The second kappa shape index (κ2) is 15.2. The van der Waals surface area contributed by atoms with Crippen LogP contribution in [0.1, 0.15) is 50.2 Å². The molecule has 0 radical (unpaired) electrons. The number of hydrazone groups is 1. The van der Waals surface area contributed by atoms with Gasteiger partial charge in [-0.3, -0.25) is 4.79 Å². The Kier molecular flexibility index (Phi) is 10.6. The number of hydrogen-bond acceptors (Lipinski definition) is 7. The third kappa shape index (κ3) is 8.36. The first-order valence-electron chi connectivity index (χ1n) is 15.3. The summed E-state index contributed by atoms with van der Waals surface area (Å²) in [6, 6.07) is 23.0. The van der Waals surface area contributed by atoms with E-state index in [0.717, 1.165) is 47.0 Å². The number of aromatic nitrogens is 1. The van der Waals surface area contributed by atoms with Crippen LogP contribution < -0.4 is 25.7 Å². The molecule has 1 unspecified atom stereocenters. The first kappa shape index (κ1) is 31.5. The van der Waals surface area contributed by atoms with Crippen LogP contribution in [0, 0.1) is 6.92 Å². The van der Waals surface area contributed by atoms with Gasteiger partial charge in [-0.15, -0.1) is 0 Å². The van der Waals surface area contributed by atoms with Gasteiger partial charge < -0.3 is 25.4 Å². The van der Waals surface area contributed by atoms with Crippen molar-refractivity contribution in [3.63, 3.8) is 0 Å². The third-order valence-electron chi connectivity index (χ3n) is 7.54. The van der Waals surface area contributed by atoms with E-state index in [9.17, 15) is 9.59 Å². The number of rotatable bonds is 13. The van der Waals surface area contributed by atoms with E-state index in [-0.39, 0.29) is 31.1 Å². The molecule has 0 bridgehead atoms. The molecule has 2 heterocycles. The summed E-state index contributed by atoms with van der Waals surface area (Å²) in [5.41, 5.74) is 4.73. The first-order valence-corrected chi connectivity index (χ1v) is 15.3. The van der Waals surface area contributed by atoms with Crippen molar-refractivity contribution in [3.8, 4) is 5.75 Å². The number of unbranched alkanes of at least 4 members (excludes halogenated alkanes) is 1. The van der Waals surface area contributed by atoms with Crippen molar-refractivity contribution in [2.75, 3.05) is 29.4 Å². The van der Waals surface area contributed by atoms with E-state index in [0.29, 0.717) is 30.3 Å². The van der Waals surface area contributed by atoms with Crippen molar-refractivity contribution in [2.24, 2.45) is 5.10 Å². The molecule has 0 aliphatic carbocycles. The summed E-state index contributed by atoms with van der Waals surface area (Å²) in [6.45, 7) is 4.84. The van der Waals surface area contributed by atoms with Crippen LogP contribution in [-0.4, -0.2) is 42.5 Å². The van der Waals surface area contributed by atoms with Gasteiger partial charge in [-0.25, -0.2) is 14.8 Å². The predicted octanol–water partition coefficient (Wildman–Crippen LogP) is 7.00. The number of carbonyl (C=O) groups is 2. The highest BCUT2D eigenvalue weighted by molar-refractivity contribution is 6.04. The van der Waals surface area contributed by atoms with E-state index in [1.54, 1.807) is 19.4 Å². The zero-order valence-corrected chi connectivity index (χ0v) is 26.0. The van der Waals surface area contributed by atoms with Crippen molar-refractivity contribution >= 4 is 45.6 Å². The number of nitrogens with one attached hydrogen (secondary N) is 3. The number of aryl methyl sites for hydroxylation is 1. The summed E-state index contributed by atoms with van der Waals surface area (Å²) in [6.07, 6.45) is 5.33. The molecule has 0 saturated heterocycles. The Hall–Kier alpha value is -4.96. The number of nitrogens with zero attached hydrogens (tertiary/aromatic N) is 3. The van der Waals surface area contributed by atoms with E-state index in [1.807, 2.05) is 59.6 Å². The monoisotopic (exact) mass is 608 g/mol. The molecule has 3 N–H and O–H groups in total. The Bertz CT molecular complexity index is 1660.